The van der Waals surface area contributed by atoms with Crippen molar-refractivity contribution in [2.75, 3.05) is 6.61 Å². The average molecular weight is 559 g/mol. The first kappa shape index (κ1) is 27.7. The highest BCUT2D eigenvalue weighted by Gasteiger charge is 2.19. The standard InChI is InChI=1S/C33H26N4O5/c1-2-42-33(39)26-15-17-28(18-16-26)36-30(23-9-5-3-6-10-23)21-27(31(36)24-11-7-4-8-12-24)22-34-35-32(38)25-13-19-29(20-14-25)37(40)41/h3-22H,2H2,1H3,(H,35,38)/b34-22-. The van der Waals surface area contributed by atoms with Crippen LogP contribution in [0, 0.1) is 10.1 Å². The van der Waals surface area contributed by atoms with Crippen molar-refractivity contribution in [1.29, 1.82) is 0 Å². The summed E-state index contributed by atoms with van der Waals surface area (Å²) >= 11 is 0. The second-order valence-electron chi connectivity index (χ2n) is 9.17. The zero-order chi connectivity index (χ0) is 29.5. The number of rotatable bonds is 9. The van der Waals surface area contributed by atoms with Crippen LogP contribution in [0.5, 0.6) is 0 Å². The molecule has 0 aliphatic heterocycles. The van der Waals surface area contributed by atoms with Crippen LogP contribution in [0.1, 0.15) is 33.2 Å². The van der Waals surface area contributed by atoms with E-state index >= 15 is 0 Å². The molecule has 1 heterocycles. The van der Waals surface area contributed by atoms with Crippen molar-refractivity contribution in [3.63, 3.8) is 0 Å². The van der Waals surface area contributed by atoms with Gasteiger partial charge in [0.2, 0.25) is 0 Å². The lowest BCUT2D eigenvalue weighted by Gasteiger charge is -2.15. The third kappa shape index (κ3) is 6.00. The first-order valence-electron chi connectivity index (χ1n) is 13.2. The van der Waals surface area contributed by atoms with Crippen molar-refractivity contribution in [2.24, 2.45) is 5.10 Å². The minimum atomic E-state index is -0.524. The van der Waals surface area contributed by atoms with Gasteiger partial charge in [0.25, 0.3) is 11.6 Å². The number of nitrogens with zero attached hydrogens (tertiary/aromatic N) is 3. The van der Waals surface area contributed by atoms with Crippen LogP contribution >= 0.6 is 0 Å². The minimum absolute atomic E-state index is 0.104. The predicted octanol–water partition coefficient (Wildman–Crippen LogP) is 6.66. The maximum absolute atomic E-state index is 12.7. The Balaban J connectivity index is 1.58. The Morgan fingerprint density at radius 1 is 0.857 bits per heavy atom. The average Bonchev–Trinajstić information content (AvgIpc) is 3.41. The number of hydrogen-bond acceptors (Lipinski definition) is 6. The summed E-state index contributed by atoms with van der Waals surface area (Å²) in [4.78, 5) is 35.4. The summed E-state index contributed by atoms with van der Waals surface area (Å²) < 4.78 is 7.23. The highest BCUT2D eigenvalue weighted by atomic mass is 16.6. The molecule has 42 heavy (non-hydrogen) atoms. The number of carbonyl (C=O) groups excluding carboxylic acids is 2. The molecule has 0 spiro atoms. The van der Waals surface area contributed by atoms with Gasteiger partial charge in [0.1, 0.15) is 0 Å². The first-order chi connectivity index (χ1) is 20.5. The third-order valence-electron chi connectivity index (χ3n) is 6.49. The largest absolute Gasteiger partial charge is 0.462 e. The fourth-order valence-electron chi connectivity index (χ4n) is 4.53. The van der Waals surface area contributed by atoms with E-state index in [1.54, 1.807) is 25.3 Å². The number of esters is 1. The zero-order valence-corrected chi connectivity index (χ0v) is 22.6. The Morgan fingerprint density at radius 2 is 1.45 bits per heavy atom. The Kier molecular flexibility index (Phi) is 8.29. The van der Waals surface area contributed by atoms with Gasteiger partial charge in [-0.15, -0.1) is 0 Å². The van der Waals surface area contributed by atoms with Crippen molar-refractivity contribution in [2.45, 2.75) is 6.92 Å². The van der Waals surface area contributed by atoms with Gasteiger partial charge in [0, 0.05) is 28.9 Å². The summed E-state index contributed by atoms with van der Waals surface area (Å²) in [5.74, 6) is -0.889. The van der Waals surface area contributed by atoms with Gasteiger partial charge in [0.15, 0.2) is 0 Å². The van der Waals surface area contributed by atoms with E-state index in [2.05, 4.69) is 15.1 Å². The van der Waals surface area contributed by atoms with Crippen LogP contribution in [0.2, 0.25) is 0 Å². The maximum Gasteiger partial charge on any atom is 0.338 e. The topological polar surface area (TPSA) is 116 Å². The normalized spacial score (nSPS) is 10.9. The Bertz CT molecular complexity index is 1740. The highest BCUT2D eigenvalue weighted by molar-refractivity contribution is 5.97. The van der Waals surface area contributed by atoms with E-state index in [4.69, 9.17) is 4.74 Å². The summed E-state index contributed by atoms with van der Waals surface area (Å²) in [6.07, 6.45) is 1.57. The van der Waals surface area contributed by atoms with Crippen LogP contribution in [-0.2, 0) is 4.74 Å². The summed E-state index contributed by atoms with van der Waals surface area (Å²) in [6, 6.07) is 34.1. The number of benzene rings is 4. The number of hydrogen-bond donors (Lipinski definition) is 1. The lowest BCUT2D eigenvalue weighted by atomic mass is 10.1. The van der Waals surface area contributed by atoms with Gasteiger partial charge < -0.3 is 9.30 Å². The maximum atomic E-state index is 12.7. The van der Waals surface area contributed by atoms with Crippen LogP contribution in [0.15, 0.2) is 120 Å². The third-order valence-corrected chi connectivity index (χ3v) is 6.49. The minimum Gasteiger partial charge on any atom is -0.462 e. The van der Waals surface area contributed by atoms with Gasteiger partial charge in [0.05, 0.1) is 34.7 Å². The van der Waals surface area contributed by atoms with Gasteiger partial charge in [-0.05, 0) is 60.5 Å². The Morgan fingerprint density at radius 3 is 2.05 bits per heavy atom. The molecule has 208 valence electrons. The number of ether oxygens (including phenoxy) is 1. The summed E-state index contributed by atoms with van der Waals surface area (Å²) in [5.41, 5.74) is 8.23. The molecule has 0 saturated carbocycles. The van der Waals surface area contributed by atoms with Crippen LogP contribution in [0.25, 0.3) is 28.2 Å². The zero-order valence-electron chi connectivity index (χ0n) is 22.6. The SMILES string of the molecule is CCOC(=O)c1ccc(-n2c(-c3ccccc3)cc(/C=N\NC(=O)c3ccc([N+](=O)[O-])cc3)c2-c2ccccc2)cc1. The van der Waals surface area contributed by atoms with E-state index in [1.165, 1.54) is 24.3 Å². The lowest BCUT2D eigenvalue weighted by Crippen LogP contribution is -2.17. The van der Waals surface area contributed by atoms with E-state index in [9.17, 15) is 19.7 Å². The molecule has 0 fully saturated rings. The molecule has 0 radical (unpaired) electrons. The number of hydrazone groups is 1. The Labute approximate surface area is 241 Å². The number of amides is 1. The van der Waals surface area contributed by atoms with Gasteiger partial charge in [-0.25, -0.2) is 10.2 Å². The number of carbonyl (C=O) groups is 2. The van der Waals surface area contributed by atoms with E-state index in [0.717, 1.165) is 33.8 Å². The molecule has 1 N–H and O–H groups in total. The molecule has 5 aromatic rings. The van der Waals surface area contributed by atoms with Gasteiger partial charge in [-0.2, -0.15) is 5.10 Å². The van der Waals surface area contributed by atoms with Crippen LogP contribution in [-0.4, -0.2) is 34.2 Å². The molecule has 1 aromatic heterocycles. The Hall–Kier alpha value is -5.83. The number of aromatic nitrogens is 1. The van der Waals surface area contributed by atoms with Crippen molar-refractivity contribution >= 4 is 23.8 Å². The monoisotopic (exact) mass is 558 g/mol. The highest BCUT2D eigenvalue weighted by Crippen LogP contribution is 2.35. The molecule has 4 aromatic carbocycles. The molecule has 0 bridgehead atoms. The number of non-ortho nitro benzene ring substituents is 1. The van der Waals surface area contributed by atoms with Gasteiger partial charge in [-0.3, -0.25) is 14.9 Å². The fraction of sp³-hybridized carbons (Fsp3) is 0.0606. The number of nitrogens with one attached hydrogen (secondary N) is 1. The van der Waals surface area contributed by atoms with Crippen LogP contribution in [0.4, 0.5) is 5.69 Å². The quantitative estimate of drug-likeness (QED) is 0.0940. The fourth-order valence-corrected chi connectivity index (χ4v) is 4.53. The van der Waals surface area contributed by atoms with Gasteiger partial charge >= 0.3 is 5.97 Å². The molecule has 5 rings (SSSR count). The molecule has 0 aliphatic rings. The van der Waals surface area contributed by atoms with E-state index < -0.39 is 10.8 Å². The van der Waals surface area contributed by atoms with Crippen molar-refractivity contribution in [1.82, 2.24) is 9.99 Å². The van der Waals surface area contributed by atoms with E-state index in [0.29, 0.717) is 5.56 Å². The molecule has 0 unspecified atom stereocenters. The van der Waals surface area contributed by atoms with E-state index in [1.807, 2.05) is 78.9 Å². The second kappa shape index (κ2) is 12.6. The molecular weight excluding hydrogens is 532 g/mol. The molecule has 1 amide bonds. The van der Waals surface area contributed by atoms with Crippen molar-refractivity contribution in [3.05, 3.63) is 142 Å². The van der Waals surface area contributed by atoms with Gasteiger partial charge in [-0.1, -0.05) is 60.7 Å². The summed E-state index contributed by atoms with van der Waals surface area (Å²) in [7, 11) is 0. The van der Waals surface area contributed by atoms with Crippen LogP contribution < -0.4 is 5.43 Å². The number of nitro benzene ring substituents is 1. The summed E-state index contributed by atoms with van der Waals surface area (Å²) in [6.45, 7) is 2.06. The molecule has 0 aliphatic carbocycles. The second-order valence-corrected chi connectivity index (χ2v) is 9.17. The number of nitro groups is 1. The predicted molar refractivity (Wildman–Crippen MR) is 161 cm³/mol. The van der Waals surface area contributed by atoms with E-state index in [-0.39, 0.29) is 23.8 Å². The molecule has 9 nitrogen and oxygen atoms in total. The van der Waals surface area contributed by atoms with Crippen LogP contribution in [0.3, 0.4) is 0 Å². The lowest BCUT2D eigenvalue weighted by molar-refractivity contribution is -0.384. The first-order valence-corrected chi connectivity index (χ1v) is 13.2. The summed E-state index contributed by atoms with van der Waals surface area (Å²) in [5, 5.41) is 15.2. The van der Waals surface area contributed by atoms with Crippen molar-refractivity contribution < 1.29 is 19.2 Å². The molecular formula is C33H26N4O5. The van der Waals surface area contributed by atoms with Crippen molar-refractivity contribution in [3.8, 4) is 28.2 Å². The molecule has 9 heteroatoms. The molecule has 0 atom stereocenters. The molecule has 0 saturated heterocycles. The smallest absolute Gasteiger partial charge is 0.338 e.